The number of aryl methyl sites for hydroxylation is 1. The predicted molar refractivity (Wildman–Crippen MR) is 128 cm³/mol. The summed E-state index contributed by atoms with van der Waals surface area (Å²) in [5, 5.41) is 0. The molecular formula is C28H34N2O2. The summed E-state index contributed by atoms with van der Waals surface area (Å²) < 4.78 is 5.83. The lowest BCUT2D eigenvalue weighted by molar-refractivity contribution is -0.127. The molecule has 2 aromatic rings. The van der Waals surface area contributed by atoms with E-state index in [0.29, 0.717) is 12.5 Å². The van der Waals surface area contributed by atoms with E-state index in [1.807, 2.05) is 35.2 Å². The maximum absolute atomic E-state index is 13.0. The lowest BCUT2D eigenvalue weighted by Gasteiger charge is -2.35. The van der Waals surface area contributed by atoms with E-state index in [-0.39, 0.29) is 12.0 Å². The molecule has 2 heterocycles. The number of ether oxygens (including phenoxy) is 1. The Hall–Kier alpha value is -2.61. The SMILES string of the molecule is Cc1ccccc1CN1CCC(CN(CC2CCCO2)C(=O)C#Cc2ccccc2)CC1. The molecule has 0 radical (unpaired) electrons. The molecule has 0 bridgehead atoms. The Bertz CT molecular complexity index is 933. The van der Waals surface area contributed by atoms with Gasteiger partial charge in [-0.2, -0.15) is 0 Å². The smallest absolute Gasteiger partial charge is 0.298 e. The van der Waals surface area contributed by atoms with Gasteiger partial charge in [-0.15, -0.1) is 0 Å². The van der Waals surface area contributed by atoms with E-state index >= 15 is 0 Å². The highest BCUT2D eigenvalue weighted by Crippen LogP contribution is 2.22. The molecule has 0 N–H and O–H groups in total. The van der Waals surface area contributed by atoms with Crippen LogP contribution in [0.15, 0.2) is 54.6 Å². The van der Waals surface area contributed by atoms with E-state index in [4.69, 9.17) is 4.74 Å². The molecular weight excluding hydrogens is 396 g/mol. The number of benzene rings is 2. The lowest BCUT2D eigenvalue weighted by Crippen LogP contribution is -2.43. The molecule has 4 nitrogen and oxygen atoms in total. The first-order valence-electron chi connectivity index (χ1n) is 11.9. The van der Waals surface area contributed by atoms with Crippen molar-refractivity contribution in [2.75, 3.05) is 32.8 Å². The Kier molecular flexibility index (Phi) is 7.98. The normalized spacial score (nSPS) is 19.3. The number of carbonyl (C=O) groups is 1. The zero-order valence-electron chi connectivity index (χ0n) is 19.1. The van der Waals surface area contributed by atoms with Gasteiger partial charge in [0.15, 0.2) is 0 Å². The average Bonchev–Trinajstić information content (AvgIpc) is 3.34. The van der Waals surface area contributed by atoms with Crippen molar-refractivity contribution in [2.45, 2.75) is 45.3 Å². The Morgan fingerprint density at radius 2 is 1.78 bits per heavy atom. The van der Waals surface area contributed by atoms with Crippen molar-refractivity contribution in [1.29, 1.82) is 0 Å². The summed E-state index contributed by atoms with van der Waals surface area (Å²) in [6.45, 7) is 7.60. The molecule has 4 rings (SSSR count). The Morgan fingerprint density at radius 1 is 1.03 bits per heavy atom. The number of hydrogen-bond donors (Lipinski definition) is 0. The van der Waals surface area contributed by atoms with Gasteiger partial charge in [0.05, 0.1) is 6.10 Å². The van der Waals surface area contributed by atoms with Crippen LogP contribution in [0.2, 0.25) is 0 Å². The Morgan fingerprint density at radius 3 is 2.50 bits per heavy atom. The van der Waals surface area contributed by atoms with Crippen LogP contribution in [0.3, 0.4) is 0 Å². The van der Waals surface area contributed by atoms with Gasteiger partial charge in [-0.1, -0.05) is 48.4 Å². The zero-order chi connectivity index (χ0) is 22.2. The van der Waals surface area contributed by atoms with Crippen LogP contribution in [0.5, 0.6) is 0 Å². The lowest BCUT2D eigenvalue weighted by atomic mass is 9.95. The zero-order valence-corrected chi connectivity index (χ0v) is 19.1. The molecule has 0 aliphatic carbocycles. The summed E-state index contributed by atoms with van der Waals surface area (Å²) in [6, 6.07) is 18.4. The maximum Gasteiger partial charge on any atom is 0.298 e. The van der Waals surface area contributed by atoms with E-state index < -0.39 is 0 Å². The third kappa shape index (κ3) is 6.45. The van der Waals surface area contributed by atoms with E-state index in [1.165, 1.54) is 11.1 Å². The first kappa shape index (κ1) is 22.6. The molecule has 0 aromatic heterocycles. The summed E-state index contributed by atoms with van der Waals surface area (Å²) in [6.07, 6.45) is 4.50. The van der Waals surface area contributed by atoms with Gasteiger partial charge in [0.25, 0.3) is 5.91 Å². The number of nitrogens with zero attached hydrogens (tertiary/aromatic N) is 2. The van der Waals surface area contributed by atoms with Gasteiger partial charge in [-0.25, -0.2) is 0 Å². The topological polar surface area (TPSA) is 32.8 Å². The predicted octanol–water partition coefficient (Wildman–Crippen LogP) is 4.27. The molecule has 2 fully saturated rings. The second kappa shape index (κ2) is 11.3. The molecule has 2 saturated heterocycles. The van der Waals surface area contributed by atoms with E-state index in [9.17, 15) is 4.79 Å². The van der Waals surface area contributed by atoms with Gasteiger partial charge >= 0.3 is 0 Å². The summed E-state index contributed by atoms with van der Waals surface area (Å²) >= 11 is 0. The van der Waals surface area contributed by atoms with E-state index in [1.54, 1.807) is 0 Å². The molecule has 2 aromatic carbocycles. The number of hydrogen-bond acceptors (Lipinski definition) is 3. The molecule has 168 valence electrons. The van der Waals surface area contributed by atoms with Gasteiger partial charge in [0, 0.05) is 37.7 Å². The highest BCUT2D eigenvalue weighted by atomic mass is 16.5. The van der Waals surface area contributed by atoms with E-state index in [0.717, 1.165) is 64.0 Å². The standard InChI is InChI=1S/C28H34N2O2/c1-23-8-5-6-11-26(23)21-29-17-15-25(16-18-29)20-30(22-27-12-7-19-32-27)28(31)14-13-24-9-3-2-4-10-24/h2-6,8-11,25,27H,7,12,15-22H2,1H3. The first-order valence-corrected chi connectivity index (χ1v) is 11.9. The quantitative estimate of drug-likeness (QED) is 0.642. The van der Waals surface area contributed by atoms with Gasteiger partial charge in [0.1, 0.15) is 0 Å². The Balaban J connectivity index is 1.34. The van der Waals surface area contributed by atoms with Crippen LogP contribution in [-0.2, 0) is 16.1 Å². The number of rotatable bonds is 6. The minimum absolute atomic E-state index is 0.0771. The fourth-order valence-electron chi connectivity index (χ4n) is 4.67. The molecule has 32 heavy (non-hydrogen) atoms. The molecule has 4 heteroatoms. The van der Waals surface area contributed by atoms with Crippen LogP contribution in [-0.4, -0.2) is 54.6 Å². The molecule has 1 unspecified atom stereocenters. The third-order valence-electron chi connectivity index (χ3n) is 6.66. The van der Waals surface area contributed by atoms with Gasteiger partial charge < -0.3 is 9.64 Å². The highest BCUT2D eigenvalue weighted by Gasteiger charge is 2.26. The fraction of sp³-hybridized carbons (Fsp3) is 0.464. The Labute approximate surface area is 192 Å². The monoisotopic (exact) mass is 430 g/mol. The minimum atomic E-state index is -0.0771. The van der Waals surface area contributed by atoms with Crippen LogP contribution in [0.4, 0.5) is 0 Å². The second-order valence-electron chi connectivity index (χ2n) is 9.11. The largest absolute Gasteiger partial charge is 0.376 e. The van der Waals surface area contributed by atoms with Crippen LogP contribution in [0.25, 0.3) is 0 Å². The van der Waals surface area contributed by atoms with Crippen molar-refractivity contribution >= 4 is 5.91 Å². The van der Waals surface area contributed by atoms with Gasteiger partial charge in [0.2, 0.25) is 0 Å². The summed E-state index contributed by atoms with van der Waals surface area (Å²) in [5.74, 6) is 6.36. The summed E-state index contributed by atoms with van der Waals surface area (Å²) in [4.78, 5) is 17.5. The molecule has 1 amide bonds. The summed E-state index contributed by atoms with van der Waals surface area (Å²) in [7, 11) is 0. The number of carbonyl (C=O) groups excluding carboxylic acids is 1. The number of piperidine rings is 1. The van der Waals surface area contributed by atoms with Crippen LogP contribution < -0.4 is 0 Å². The molecule has 0 saturated carbocycles. The fourth-order valence-corrected chi connectivity index (χ4v) is 4.67. The first-order chi connectivity index (χ1) is 15.7. The molecule has 0 spiro atoms. The minimum Gasteiger partial charge on any atom is -0.376 e. The third-order valence-corrected chi connectivity index (χ3v) is 6.66. The maximum atomic E-state index is 13.0. The molecule has 1 atom stereocenters. The number of amides is 1. The molecule has 2 aliphatic heterocycles. The van der Waals surface area contributed by atoms with Crippen LogP contribution in [0.1, 0.15) is 42.4 Å². The van der Waals surface area contributed by atoms with Gasteiger partial charge in [-0.05, 0) is 74.9 Å². The second-order valence-corrected chi connectivity index (χ2v) is 9.11. The van der Waals surface area contributed by atoms with Gasteiger partial charge in [-0.3, -0.25) is 9.69 Å². The molecule has 2 aliphatic rings. The number of likely N-dealkylation sites (tertiary alicyclic amines) is 1. The van der Waals surface area contributed by atoms with E-state index in [2.05, 4.69) is 47.9 Å². The summed E-state index contributed by atoms with van der Waals surface area (Å²) in [5.41, 5.74) is 3.65. The van der Waals surface area contributed by atoms with Crippen LogP contribution >= 0.6 is 0 Å². The van der Waals surface area contributed by atoms with Crippen LogP contribution in [0, 0.1) is 24.7 Å². The average molecular weight is 431 g/mol. The van der Waals surface area contributed by atoms with Crippen molar-refractivity contribution in [3.8, 4) is 11.8 Å². The van der Waals surface area contributed by atoms with Crippen molar-refractivity contribution < 1.29 is 9.53 Å². The van der Waals surface area contributed by atoms with Crippen molar-refractivity contribution in [1.82, 2.24) is 9.80 Å². The highest BCUT2D eigenvalue weighted by molar-refractivity contribution is 5.94. The van der Waals surface area contributed by atoms with Crippen molar-refractivity contribution in [3.63, 3.8) is 0 Å². The van der Waals surface area contributed by atoms with Crippen molar-refractivity contribution in [3.05, 3.63) is 71.3 Å². The van der Waals surface area contributed by atoms with Crippen molar-refractivity contribution in [2.24, 2.45) is 5.92 Å².